The van der Waals surface area contributed by atoms with Crippen LogP contribution < -0.4 is 10.6 Å². The van der Waals surface area contributed by atoms with Crippen molar-refractivity contribution >= 4 is 40.7 Å². The molecule has 6 heteroatoms. The maximum atomic E-state index is 13.8. The van der Waals surface area contributed by atoms with Crippen LogP contribution >= 0.6 is 23.2 Å². The highest BCUT2D eigenvalue weighted by molar-refractivity contribution is 6.31. The Morgan fingerprint density at radius 3 is 2.53 bits per heavy atom. The number of halogens is 2. The number of carbonyl (C=O) groups excluding carboxylic acids is 2. The van der Waals surface area contributed by atoms with Gasteiger partial charge in [0.2, 0.25) is 11.8 Å². The maximum Gasteiger partial charge on any atom is 0.238 e. The highest BCUT2D eigenvalue weighted by Gasteiger charge is 2.61. The molecule has 2 aliphatic heterocycles. The first-order valence-corrected chi connectivity index (χ1v) is 10.9. The average Bonchev–Trinajstić information content (AvgIpc) is 2.96. The molecule has 1 fully saturated rings. The van der Waals surface area contributed by atoms with Crippen molar-refractivity contribution in [2.45, 2.75) is 44.6 Å². The molecule has 30 heavy (non-hydrogen) atoms. The van der Waals surface area contributed by atoms with Crippen molar-refractivity contribution in [3.8, 4) is 0 Å². The lowest BCUT2D eigenvalue weighted by atomic mass is 9.58. The Morgan fingerprint density at radius 2 is 1.87 bits per heavy atom. The fraction of sp³-hybridized carbons (Fsp3) is 0.333. The van der Waals surface area contributed by atoms with Gasteiger partial charge >= 0.3 is 0 Å². The highest BCUT2D eigenvalue weighted by Crippen LogP contribution is 2.55. The molecule has 0 aromatic heterocycles. The number of carbonyl (C=O) groups is 2. The Kier molecular flexibility index (Phi) is 5.41. The minimum Gasteiger partial charge on any atom is -0.348 e. The van der Waals surface area contributed by atoms with E-state index in [1.807, 2.05) is 37.3 Å². The average molecular weight is 443 g/mol. The quantitative estimate of drug-likeness (QED) is 0.620. The van der Waals surface area contributed by atoms with Gasteiger partial charge in [0.1, 0.15) is 5.41 Å². The standard InChI is InChI=1S/C24H24Cl2N2O2/c1-4-17(13(2)3)22-24(18-9-8-16(26)11-20(18)27-23(24)30)19(12-21(29)28-22)14-6-5-7-15(25)10-14/h4-11,13,19,22H,12H2,1-3H3,(H,27,30)(H,28,29)/t19-,22+,24-/m0/s1. The Balaban J connectivity index is 2.03. The normalized spacial score (nSPS) is 26.0. The minimum absolute atomic E-state index is 0.0779. The van der Waals surface area contributed by atoms with Crippen LogP contribution in [-0.2, 0) is 15.0 Å². The molecule has 4 nitrogen and oxygen atoms in total. The summed E-state index contributed by atoms with van der Waals surface area (Å²) in [6, 6.07) is 12.5. The zero-order valence-electron chi connectivity index (χ0n) is 17.1. The van der Waals surface area contributed by atoms with Gasteiger partial charge in [0.05, 0.1) is 6.04 Å². The fourth-order valence-corrected chi connectivity index (χ4v) is 5.50. The summed E-state index contributed by atoms with van der Waals surface area (Å²) in [5.74, 6) is -0.425. The Bertz CT molecular complexity index is 1060. The van der Waals surface area contributed by atoms with E-state index in [0.29, 0.717) is 15.7 Å². The first-order valence-electron chi connectivity index (χ1n) is 10.1. The second-order valence-electron chi connectivity index (χ2n) is 8.27. The van der Waals surface area contributed by atoms with Gasteiger partial charge in [-0.05, 0) is 53.8 Å². The van der Waals surface area contributed by atoms with E-state index in [4.69, 9.17) is 23.2 Å². The van der Waals surface area contributed by atoms with Crippen LogP contribution in [0.4, 0.5) is 5.69 Å². The van der Waals surface area contributed by atoms with Crippen LogP contribution in [0.3, 0.4) is 0 Å². The summed E-state index contributed by atoms with van der Waals surface area (Å²) in [5.41, 5.74) is 2.45. The number of amides is 2. The zero-order valence-corrected chi connectivity index (χ0v) is 18.6. The van der Waals surface area contributed by atoms with Crippen LogP contribution in [0.15, 0.2) is 54.1 Å². The monoisotopic (exact) mass is 442 g/mol. The summed E-state index contributed by atoms with van der Waals surface area (Å²) in [6.45, 7) is 6.11. The van der Waals surface area contributed by atoms with Gasteiger partial charge in [0.15, 0.2) is 0 Å². The molecule has 2 heterocycles. The molecule has 0 unspecified atom stereocenters. The van der Waals surface area contributed by atoms with Crippen LogP contribution in [0.5, 0.6) is 0 Å². The van der Waals surface area contributed by atoms with Gasteiger partial charge in [0.25, 0.3) is 0 Å². The molecule has 2 aliphatic rings. The number of allylic oxidation sites excluding steroid dienone is 1. The summed E-state index contributed by atoms with van der Waals surface area (Å²) >= 11 is 12.5. The van der Waals surface area contributed by atoms with Gasteiger partial charge in [-0.25, -0.2) is 0 Å². The molecular formula is C24H24Cl2N2O2. The van der Waals surface area contributed by atoms with E-state index in [-0.39, 0.29) is 30.1 Å². The number of hydrogen-bond acceptors (Lipinski definition) is 2. The minimum atomic E-state index is -0.995. The first-order chi connectivity index (χ1) is 14.3. The second-order valence-corrected chi connectivity index (χ2v) is 9.14. The highest BCUT2D eigenvalue weighted by atomic mass is 35.5. The Morgan fingerprint density at radius 1 is 1.13 bits per heavy atom. The van der Waals surface area contributed by atoms with Crippen molar-refractivity contribution in [3.05, 3.63) is 75.3 Å². The SMILES string of the molecule is CC=C(C(C)C)[C@H]1NC(=O)C[C@@H](c2cccc(Cl)c2)[C@]12C(=O)Nc1cc(Cl)ccc12. The Hall–Kier alpha value is -2.30. The Labute approximate surface area is 186 Å². The zero-order chi connectivity index (χ0) is 21.6. The number of hydrogen-bond donors (Lipinski definition) is 2. The third-order valence-electron chi connectivity index (χ3n) is 6.34. The number of nitrogens with one attached hydrogen (secondary N) is 2. The number of anilines is 1. The van der Waals surface area contributed by atoms with E-state index in [1.54, 1.807) is 18.2 Å². The van der Waals surface area contributed by atoms with Crippen LogP contribution in [0.25, 0.3) is 0 Å². The van der Waals surface area contributed by atoms with E-state index in [1.165, 1.54) is 0 Å². The number of benzene rings is 2. The molecule has 2 aromatic rings. The van der Waals surface area contributed by atoms with E-state index in [9.17, 15) is 9.59 Å². The lowest BCUT2D eigenvalue weighted by Crippen LogP contribution is -2.63. The van der Waals surface area contributed by atoms with Crippen LogP contribution in [0.1, 0.15) is 44.2 Å². The van der Waals surface area contributed by atoms with Crippen molar-refractivity contribution < 1.29 is 9.59 Å². The van der Waals surface area contributed by atoms with Crippen molar-refractivity contribution in [3.63, 3.8) is 0 Å². The van der Waals surface area contributed by atoms with Crippen molar-refractivity contribution in [1.82, 2.24) is 5.32 Å². The molecule has 156 valence electrons. The fourth-order valence-electron chi connectivity index (χ4n) is 5.13. The molecule has 4 rings (SSSR count). The van der Waals surface area contributed by atoms with Crippen molar-refractivity contribution in [2.75, 3.05) is 5.32 Å². The van der Waals surface area contributed by atoms with E-state index in [2.05, 4.69) is 24.5 Å². The summed E-state index contributed by atoms with van der Waals surface area (Å²) in [6.07, 6.45) is 2.21. The van der Waals surface area contributed by atoms with Gasteiger partial charge in [0, 0.05) is 28.1 Å². The molecular weight excluding hydrogens is 419 g/mol. The van der Waals surface area contributed by atoms with Gasteiger partial charge in [-0.15, -0.1) is 0 Å². The van der Waals surface area contributed by atoms with Crippen molar-refractivity contribution in [2.24, 2.45) is 5.92 Å². The second kappa shape index (κ2) is 7.75. The van der Waals surface area contributed by atoms with Crippen LogP contribution in [0, 0.1) is 5.92 Å². The van der Waals surface area contributed by atoms with E-state index in [0.717, 1.165) is 16.7 Å². The molecule has 0 saturated carbocycles. The van der Waals surface area contributed by atoms with E-state index >= 15 is 0 Å². The molecule has 3 atom stereocenters. The van der Waals surface area contributed by atoms with Crippen LogP contribution in [-0.4, -0.2) is 17.9 Å². The molecule has 1 saturated heterocycles. The molecule has 2 N–H and O–H groups in total. The molecule has 1 spiro atoms. The lowest BCUT2D eigenvalue weighted by molar-refractivity contribution is -0.130. The molecule has 0 radical (unpaired) electrons. The van der Waals surface area contributed by atoms with E-state index < -0.39 is 11.5 Å². The summed E-state index contributed by atoms with van der Waals surface area (Å²) in [4.78, 5) is 26.7. The molecule has 0 aliphatic carbocycles. The predicted molar refractivity (Wildman–Crippen MR) is 121 cm³/mol. The third kappa shape index (κ3) is 3.14. The largest absolute Gasteiger partial charge is 0.348 e. The number of fused-ring (bicyclic) bond motifs is 2. The van der Waals surface area contributed by atoms with Gasteiger partial charge in [-0.1, -0.05) is 61.3 Å². The topological polar surface area (TPSA) is 58.2 Å². The molecule has 2 aromatic carbocycles. The van der Waals surface area contributed by atoms with Gasteiger partial charge in [-0.2, -0.15) is 0 Å². The number of piperidine rings is 1. The predicted octanol–water partition coefficient (Wildman–Crippen LogP) is 5.46. The van der Waals surface area contributed by atoms with Gasteiger partial charge in [-0.3, -0.25) is 9.59 Å². The smallest absolute Gasteiger partial charge is 0.238 e. The summed E-state index contributed by atoms with van der Waals surface area (Å²) in [7, 11) is 0. The van der Waals surface area contributed by atoms with Crippen LogP contribution in [0.2, 0.25) is 10.0 Å². The van der Waals surface area contributed by atoms with Crippen molar-refractivity contribution in [1.29, 1.82) is 0 Å². The molecule has 0 bridgehead atoms. The summed E-state index contributed by atoms with van der Waals surface area (Å²) < 4.78 is 0. The first kappa shape index (κ1) is 21.0. The van der Waals surface area contributed by atoms with Gasteiger partial charge < -0.3 is 10.6 Å². The number of rotatable bonds is 3. The maximum absolute atomic E-state index is 13.8. The summed E-state index contributed by atoms with van der Waals surface area (Å²) in [5, 5.41) is 7.32. The lowest BCUT2D eigenvalue weighted by Gasteiger charge is -2.48. The molecule has 2 amide bonds. The third-order valence-corrected chi connectivity index (χ3v) is 6.81.